The molecule has 0 unspecified atom stereocenters. The molecule has 4 heteroatoms. The van der Waals surface area contributed by atoms with Crippen LogP contribution < -0.4 is 5.32 Å². The topological polar surface area (TPSA) is 15.3 Å². The summed E-state index contributed by atoms with van der Waals surface area (Å²) in [5.74, 6) is 0. The molecule has 1 aliphatic carbocycles. The monoisotopic (exact) mass is 444 g/mol. The van der Waals surface area contributed by atoms with Crippen LogP contribution in [0.15, 0.2) is 59.1 Å². The minimum Gasteiger partial charge on any atom is -0.360 e. The predicted molar refractivity (Wildman–Crippen MR) is 122 cm³/mol. The molecule has 0 spiro atoms. The van der Waals surface area contributed by atoms with Crippen molar-refractivity contribution in [3.8, 4) is 0 Å². The second kappa shape index (κ2) is 10.8. The zero-order chi connectivity index (χ0) is 18.9. The van der Waals surface area contributed by atoms with Gasteiger partial charge >= 0.3 is 0 Å². The standard InChI is InChI=1S/C23H29BrN2S/c24-21-13-9-12-20(16-21)18-26(17-19-10-5-4-6-11-19)23(27)25-22-14-7-2-1-3-8-15-22/h4-6,9-13,16,22H,1-3,7-8,14-15,17-18H2,(H,25,27). The van der Waals surface area contributed by atoms with Gasteiger partial charge < -0.3 is 10.2 Å². The van der Waals surface area contributed by atoms with E-state index >= 15 is 0 Å². The highest BCUT2D eigenvalue weighted by Gasteiger charge is 2.17. The summed E-state index contributed by atoms with van der Waals surface area (Å²) in [6, 6.07) is 19.6. The van der Waals surface area contributed by atoms with Gasteiger partial charge in [-0.1, -0.05) is 90.5 Å². The van der Waals surface area contributed by atoms with Crippen LogP contribution in [0.4, 0.5) is 0 Å². The summed E-state index contributed by atoms with van der Waals surface area (Å²) in [4.78, 5) is 2.30. The highest BCUT2D eigenvalue weighted by atomic mass is 79.9. The summed E-state index contributed by atoms with van der Waals surface area (Å²) in [7, 11) is 0. The Balaban J connectivity index is 1.70. The van der Waals surface area contributed by atoms with Gasteiger partial charge in [0.1, 0.15) is 0 Å². The molecular formula is C23H29BrN2S. The molecule has 0 bridgehead atoms. The average molecular weight is 445 g/mol. The van der Waals surface area contributed by atoms with Crippen molar-refractivity contribution in [3.63, 3.8) is 0 Å². The molecule has 0 radical (unpaired) electrons. The van der Waals surface area contributed by atoms with Gasteiger partial charge in [-0.15, -0.1) is 0 Å². The Morgan fingerprint density at radius 1 is 0.889 bits per heavy atom. The molecule has 2 nitrogen and oxygen atoms in total. The van der Waals surface area contributed by atoms with Gasteiger partial charge in [-0.3, -0.25) is 0 Å². The van der Waals surface area contributed by atoms with Gasteiger partial charge in [-0.05, 0) is 48.3 Å². The van der Waals surface area contributed by atoms with Crippen LogP contribution in [0.5, 0.6) is 0 Å². The molecule has 1 aliphatic rings. The number of hydrogen-bond acceptors (Lipinski definition) is 1. The van der Waals surface area contributed by atoms with E-state index in [0.29, 0.717) is 6.04 Å². The summed E-state index contributed by atoms with van der Waals surface area (Å²) in [5, 5.41) is 4.57. The van der Waals surface area contributed by atoms with Crippen molar-refractivity contribution in [1.29, 1.82) is 0 Å². The zero-order valence-electron chi connectivity index (χ0n) is 15.9. The molecule has 0 aromatic heterocycles. The molecule has 1 N–H and O–H groups in total. The molecule has 0 amide bonds. The second-order valence-electron chi connectivity index (χ2n) is 7.46. The highest BCUT2D eigenvalue weighted by Crippen LogP contribution is 2.19. The third-order valence-electron chi connectivity index (χ3n) is 5.20. The lowest BCUT2D eigenvalue weighted by Crippen LogP contribution is -2.44. The molecule has 1 saturated carbocycles. The Morgan fingerprint density at radius 2 is 1.52 bits per heavy atom. The van der Waals surface area contributed by atoms with Gasteiger partial charge in [0.05, 0.1) is 0 Å². The van der Waals surface area contributed by atoms with Gasteiger partial charge in [-0.2, -0.15) is 0 Å². The number of thiocarbonyl (C=S) groups is 1. The van der Waals surface area contributed by atoms with Gasteiger partial charge in [-0.25, -0.2) is 0 Å². The van der Waals surface area contributed by atoms with Crippen LogP contribution in [0.1, 0.15) is 56.1 Å². The molecule has 2 aromatic rings. The maximum absolute atomic E-state index is 5.87. The fraction of sp³-hybridized carbons (Fsp3) is 0.435. The minimum absolute atomic E-state index is 0.513. The van der Waals surface area contributed by atoms with Crippen LogP contribution in [-0.4, -0.2) is 16.1 Å². The molecule has 0 saturated heterocycles. The normalized spacial score (nSPS) is 15.6. The highest BCUT2D eigenvalue weighted by molar-refractivity contribution is 9.10. The summed E-state index contributed by atoms with van der Waals surface area (Å²) in [6.45, 7) is 1.64. The van der Waals surface area contributed by atoms with E-state index in [1.807, 2.05) is 0 Å². The molecule has 27 heavy (non-hydrogen) atoms. The van der Waals surface area contributed by atoms with E-state index in [-0.39, 0.29) is 0 Å². The van der Waals surface area contributed by atoms with Crippen LogP contribution in [0.2, 0.25) is 0 Å². The van der Waals surface area contributed by atoms with Crippen molar-refractivity contribution in [2.75, 3.05) is 0 Å². The fourth-order valence-electron chi connectivity index (χ4n) is 3.73. The van der Waals surface area contributed by atoms with E-state index in [4.69, 9.17) is 12.2 Å². The van der Waals surface area contributed by atoms with E-state index in [1.54, 1.807) is 0 Å². The van der Waals surface area contributed by atoms with Crippen molar-refractivity contribution in [2.45, 2.75) is 64.1 Å². The first-order chi connectivity index (χ1) is 13.2. The fourth-order valence-corrected chi connectivity index (χ4v) is 4.47. The summed E-state index contributed by atoms with van der Waals surface area (Å²) in [6.07, 6.45) is 9.19. The van der Waals surface area contributed by atoms with Crippen LogP contribution in [0.3, 0.4) is 0 Å². The predicted octanol–water partition coefficient (Wildman–Crippen LogP) is 6.44. The van der Waals surface area contributed by atoms with E-state index in [9.17, 15) is 0 Å². The first-order valence-corrected chi connectivity index (χ1v) is 11.2. The summed E-state index contributed by atoms with van der Waals surface area (Å²) >= 11 is 9.45. The maximum Gasteiger partial charge on any atom is 0.169 e. The number of nitrogens with zero attached hydrogens (tertiary/aromatic N) is 1. The lowest BCUT2D eigenvalue weighted by atomic mass is 9.97. The molecule has 3 rings (SSSR count). The Bertz CT molecular complexity index is 711. The maximum atomic E-state index is 5.87. The van der Waals surface area contributed by atoms with E-state index in [1.165, 1.54) is 56.1 Å². The van der Waals surface area contributed by atoms with Crippen molar-refractivity contribution in [1.82, 2.24) is 10.2 Å². The minimum atomic E-state index is 0.513. The quantitative estimate of drug-likeness (QED) is 0.534. The van der Waals surface area contributed by atoms with E-state index in [2.05, 4.69) is 80.7 Å². The Morgan fingerprint density at radius 3 is 2.22 bits per heavy atom. The number of nitrogens with one attached hydrogen (secondary N) is 1. The van der Waals surface area contributed by atoms with Gasteiger partial charge in [0, 0.05) is 23.6 Å². The van der Waals surface area contributed by atoms with Crippen LogP contribution >= 0.6 is 28.1 Å². The first-order valence-electron chi connectivity index (χ1n) is 10.0. The number of benzene rings is 2. The van der Waals surface area contributed by atoms with Gasteiger partial charge in [0.25, 0.3) is 0 Å². The first kappa shape index (κ1) is 20.3. The van der Waals surface area contributed by atoms with Crippen LogP contribution in [0.25, 0.3) is 0 Å². The van der Waals surface area contributed by atoms with Gasteiger partial charge in [0.2, 0.25) is 0 Å². The molecule has 0 aliphatic heterocycles. The van der Waals surface area contributed by atoms with E-state index in [0.717, 1.165) is 22.7 Å². The average Bonchev–Trinajstić information content (AvgIpc) is 2.64. The third kappa shape index (κ3) is 6.93. The molecular weight excluding hydrogens is 416 g/mol. The number of halogens is 1. The lowest BCUT2D eigenvalue weighted by Gasteiger charge is -2.30. The SMILES string of the molecule is S=C(NC1CCCCCCC1)N(Cc1ccccc1)Cc1cccc(Br)c1. The van der Waals surface area contributed by atoms with Crippen LogP contribution in [-0.2, 0) is 13.1 Å². The van der Waals surface area contributed by atoms with Crippen molar-refractivity contribution >= 4 is 33.3 Å². The van der Waals surface area contributed by atoms with Gasteiger partial charge in [0.15, 0.2) is 5.11 Å². The van der Waals surface area contributed by atoms with Crippen molar-refractivity contribution < 1.29 is 0 Å². The zero-order valence-corrected chi connectivity index (χ0v) is 18.3. The second-order valence-corrected chi connectivity index (χ2v) is 8.77. The Kier molecular flexibility index (Phi) is 8.15. The molecule has 0 atom stereocenters. The Labute approximate surface area is 177 Å². The lowest BCUT2D eigenvalue weighted by molar-refractivity contribution is 0.370. The van der Waals surface area contributed by atoms with Crippen molar-refractivity contribution in [2.24, 2.45) is 0 Å². The smallest absolute Gasteiger partial charge is 0.169 e. The molecule has 144 valence electrons. The third-order valence-corrected chi connectivity index (χ3v) is 6.07. The number of rotatable bonds is 5. The summed E-state index contributed by atoms with van der Waals surface area (Å²) in [5.41, 5.74) is 2.55. The molecule has 1 fully saturated rings. The molecule has 2 aromatic carbocycles. The largest absolute Gasteiger partial charge is 0.360 e. The van der Waals surface area contributed by atoms with Crippen molar-refractivity contribution in [3.05, 3.63) is 70.2 Å². The Hall–Kier alpha value is -1.39. The van der Waals surface area contributed by atoms with E-state index < -0.39 is 0 Å². The number of hydrogen-bond donors (Lipinski definition) is 1. The molecule has 0 heterocycles. The summed E-state index contributed by atoms with van der Waals surface area (Å²) < 4.78 is 1.11. The van der Waals surface area contributed by atoms with Crippen LogP contribution in [0, 0.1) is 0 Å².